The number of carbonyl (C=O) groups is 1. The number of aromatic nitrogens is 2. The van der Waals surface area contributed by atoms with Gasteiger partial charge < -0.3 is 10.6 Å². The van der Waals surface area contributed by atoms with E-state index in [4.69, 9.17) is 5.73 Å². The molecule has 0 aromatic carbocycles. The average molecular weight is 239 g/mol. The van der Waals surface area contributed by atoms with E-state index in [1.54, 1.807) is 11.1 Å². The van der Waals surface area contributed by atoms with Crippen molar-refractivity contribution in [3.63, 3.8) is 0 Å². The van der Waals surface area contributed by atoms with Crippen LogP contribution in [0.2, 0.25) is 0 Å². The zero-order chi connectivity index (χ0) is 8.55. The van der Waals surface area contributed by atoms with Crippen molar-refractivity contribution in [3.8, 4) is 0 Å². The number of nitrogens with two attached hydrogens (primary N) is 1. The molecule has 1 aliphatic rings. The van der Waals surface area contributed by atoms with Gasteiger partial charge in [-0.25, -0.2) is 0 Å². The Labute approximate surface area is 93.9 Å². The molecule has 5 nitrogen and oxygen atoms in total. The third kappa shape index (κ3) is 2.17. The van der Waals surface area contributed by atoms with E-state index in [-0.39, 0.29) is 37.3 Å². The predicted molar refractivity (Wildman–Crippen MR) is 56.4 cm³/mol. The van der Waals surface area contributed by atoms with Gasteiger partial charge in [-0.2, -0.15) is 5.10 Å². The molecule has 1 aromatic rings. The molecule has 0 atom stereocenters. The molecule has 14 heavy (non-hydrogen) atoms. The minimum absolute atomic E-state index is 0. The van der Waals surface area contributed by atoms with Crippen molar-refractivity contribution >= 4 is 30.7 Å². The van der Waals surface area contributed by atoms with Crippen LogP contribution in [0.25, 0.3) is 0 Å². The molecule has 1 aliphatic heterocycles. The number of amides is 1. The van der Waals surface area contributed by atoms with E-state index in [1.165, 1.54) is 0 Å². The molecule has 0 unspecified atom stereocenters. The fourth-order valence-corrected chi connectivity index (χ4v) is 1.37. The first kappa shape index (κ1) is 13.2. The first-order chi connectivity index (χ1) is 5.81. The van der Waals surface area contributed by atoms with Gasteiger partial charge in [0.15, 0.2) is 0 Å². The molecule has 0 saturated carbocycles. The smallest absolute Gasteiger partial charge is 0.236 e. The molecule has 0 aliphatic carbocycles. The minimum Gasteiger partial charge on any atom is -0.331 e. The van der Waals surface area contributed by atoms with Gasteiger partial charge in [-0.15, -0.1) is 24.8 Å². The summed E-state index contributed by atoms with van der Waals surface area (Å²) < 4.78 is 0. The molecule has 2 rings (SSSR count). The Morgan fingerprint density at radius 2 is 2.29 bits per heavy atom. The molecule has 0 fully saturated rings. The lowest BCUT2D eigenvalue weighted by Gasteiger charge is -2.13. The summed E-state index contributed by atoms with van der Waals surface area (Å²) in [6.45, 7) is 1.34. The number of nitrogens with one attached hydrogen (secondary N) is 1. The maximum atomic E-state index is 11.1. The van der Waals surface area contributed by atoms with Crippen molar-refractivity contribution in [2.24, 2.45) is 5.73 Å². The second-order valence-corrected chi connectivity index (χ2v) is 2.83. The molecule has 7 heteroatoms. The molecule has 0 bridgehead atoms. The highest BCUT2D eigenvalue weighted by molar-refractivity contribution is 5.85. The van der Waals surface area contributed by atoms with Crippen LogP contribution in [-0.4, -0.2) is 27.5 Å². The van der Waals surface area contributed by atoms with Gasteiger partial charge >= 0.3 is 0 Å². The van der Waals surface area contributed by atoms with Gasteiger partial charge in [0.1, 0.15) is 0 Å². The standard InChI is InChI=1S/C7H10N4O.2ClH/c8-1-7(12)11-3-5-2-9-10-6(5)4-11;;/h2H,1,3-4,8H2,(H,9,10);2*1H. The summed E-state index contributed by atoms with van der Waals surface area (Å²) in [5.74, 6) is -0.0143. The summed E-state index contributed by atoms with van der Waals surface area (Å²) in [6, 6.07) is 0. The Morgan fingerprint density at radius 1 is 1.57 bits per heavy atom. The molecule has 1 amide bonds. The van der Waals surface area contributed by atoms with Crippen molar-refractivity contribution < 1.29 is 4.79 Å². The topological polar surface area (TPSA) is 75.0 Å². The van der Waals surface area contributed by atoms with E-state index < -0.39 is 0 Å². The summed E-state index contributed by atoms with van der Waals surface area (Å²) in [4.78, 5) is 12.9. The van der Waals surface area contributed by atoms with Crippen LogP contribution in [0.15, 0.2) is 6.20 Å². The van der Waals surface area contributed by atoms with Gasteiger partial charge in [0.25, 0.3) is 0 Å². The maximum Gasteiger partial charge on any atom is 0.236 e. The van der Waals surface area contributed by atoms with E-state index in [0.717, 1.165) is 11.3 Å². The number of carbonyl (C=O) groups excluding carboxylic acids is 1. The minimum atomic E-state index is -0.0143. The van der Waals surface area contributed by atoms with Crippen molar-refractivity contribution in [2.75, 3.05) is 6.54 Å². The third-order valence-corrected chi connectivity index (χ3v) is 2.05. The Bertz CT molecular complexity index is 294. The number of halogens is 2. The lowest BCUT2D eigenvalue weighted by Crippen LogP contribution is -2.31. The van der Waals surface area contributed by atoms with E-state index in [1.807, 2.05) is 0 Å². The lowest BCUT2D eigenvalue weighted by molar-refractivity contribution is -0.130. The summed E-state index contributed by atoms with van der Waals surface area (Å²) in [7, 11) is 0. The van der Waals surface area contributed by atoms with Crippen LogP contribution in [0.3, 0.4) is 0 Å². The van der Waals surface area contributed by atoms with Crippen LogP contribution in [0.5, 0.6) is 0 Å². The summed E-state index contributed by atoms with van der Waals surface area (Å²) in [5, 5.41) is 6.71. The third-order valence-electron chi connectivity index (χ3n) is 2.05. The largest absolute Gasteiger partial charge is 0.331 e. The number of aromatic amines is 1. The quantitative estimate of drug-likeness (QED) is 0.727. The zero-order valence-corrected chi connectivity index (χ0v) is 9.03. The summed E-state index contributed by atoms with van der Waals surface area (Å²) in [5.41, 5.74) is 7.36. The Hall–Kier alpha value is -0.780. The van der Waals surface area contributed by atoms with Gasteiger partial charge in [-0.05, 0) is 0 Å². The fraction of sp³-hybridized carbons (Fsp3) is 0.429. The number of nitrogens with zero attached hydrogens (tertiary/aromatic N) is 2. The highest BCUT2D eigenvalue weighted by Gasteiger charge is 2.23. The van der Waals surface area contributed by atoms with Gasteiger partial charge in [0, 0.05) is 12.1 Å². The first-order valence-corrected chi connectivity index (χ1v) is 3.80. The Morgan fingerprint density at radius 3 is 2.86 bits per heavy atom. The van der Waals surface area contributed by atoms with Crippen molar-refractivity contribution in [3.05, 3.63) is 17.5 Å². The molecular weight excluding hydrogens is 227 g/mol. The highest BCUT2D eigenvalue weighted by atomic mass is 35.5. The molecular formula is C7H12Cl2N4O. The van der Waals surface area contributed by atoms with Crippen molar-refractivity contribution in [1.29, 1.82) is 0 Å². The zero-order valence-electron chi connectivity index (χ0n) is 7.40. The molecule has 80 valence electrons. The monoisotopic (exact) mass is 238 g/mol. The van der Waals surface area contributed by atoms with Crippen LogP contribution >= 0.6 is 24.8 Å². The average Bonchev–Trinajstić information content (AvgIpc) is 2.60. The second kappa shape index (κ2) is 5.19. The Kier molecular flexibility index (Phi) is 4.90. The van der Waals surface area contributed by atoms with Crippen LogP contribution in [-0.2, 0) is 17.9 Å². The van der Waals surface area contributed by atoms with E-state index in [0.29, 0.717) is 13.1 Å². The number of hydrogen-bond acceptors (Lipinski definition) is 3. The summed E-state index contributed by atoms with van der Waals surface area (Å²) >= 11 is 0. The Balaban J connectivity index is 0.000000845. The molecule has 0 saturated heterocycles. The predicted octanol–water partition coefficient (Wildman–Crippen LogP) is 0.0542. The van der Waals surface area contributed by atoms with Crippen LogP contribution < -0.4 is 5.73 Å². The molecule has 2 heterocycles. The molecule has 3 N–H and O–H groups in total. The van der Waals surface area contributed by atoms with Crippen molar-refractivity contribution in [2.45, 2.75) is 13.1 Å². The van der Waals surface area contributed by atoms with Gasteiger partial charge in [-0.1, -0.05) is 0 Å². The fourth-order valence-electron chi connectivity index (χ4n) is 1.37. The van der Waals surface area contributed by atoms with E-state index >= 15 is 0 Å². The number of H-pyrrole nitrogens is 1. The van der Waals surface area contributed by atoms with Crippen LogP contribution in [0.1, 0.15) is 11.3 Å². The summed E-state index contributed by atoms with van der Waals surface area (Å²) in [6.07, 6.45) is 1.75. The van der Waals surface area contributed by atoms with Gasteiger partial charge in [-0.3, -0.25) is 9.89 Å². The molecule has 0 spiro atoms. The maximum absolute atomic E-state index is 11.1. The van der Waals surface area contributed by atoms with Crippen LogP contribution in [0, 0.1) is 0 Å². The number of rotatable bonds is 1. The molecule has 0 radical (unpaired) electrons. The van der Waals surface area contributed by atoms with E-state index in [9.17, 15) is 4.79 Å². The second-order valence-electron chi connectivity index (χ2n) is 2.83. The molecule has 1 aromatic heterocycles. The van der Waals surface area contributed by atoms with Gasteiger partial charge in [0.2, 0.25) is 5.91 Å². The van der Waals surface area contributed by atoms with Gasteiger partial charge in [0.05, 0.1) is 25.0 Å². The first-order valence-electron chi connectivity index (χ1n) is 3.80. The number of fused-ring (bicyclic) bond motifs is 1. The highest BCUT2D eigenvalue weighted by Crippen LogP contribution is 2.19. The SMILES string of the molecule is Cl.Cl.NCC(=O)N1Cc2cn[nH]c2C1. The lowest BCUT2D eigenvalue weighted by atomic mass is 10.3. The normalized spacial score (nSPS) is 12.8. The van der Waals surface area contributed by atoms with Crippen LogP contribution in [0.4, 0.5) is 0 Å². The van der Waals surface area contributed by atoms with Crippen molar-refractivity contribution in [1.82, 2.24) is 15.1 Å². The number of hydrogen-bond donors (Lipinski definition) is 2. The van der Waals surface area contributed by atoms with E-state index in [2.05, 4.69) is 10.2 Å².